The number of rotatable bonds is 9. The first kappa shape index (κ1) is 17.0. The van der Waals surface area contributed by atoms with Crippen LogP contribution in [0.5, 0.6) is 0 Å². The van der Waals surface area contributed by atoms with Crippen LogP contribution in [0, 0.1) is 11.3 Å². The van der Waals surface area contributed by atoms with E-state index < -0.39 is 0 Å². The van der Waals surface area contributed by atoms with E-state index in [9.17, 15) is 4.79 Å². The molecule has 0 fully saturated rings. The van der Waals surface area contributed by atoms with Gasteiger partial charge in [0.05, 0.1) is 0 Å². The Morgan fingerprint density at radius 3 is 2.28 bits per heavy atom. The molecule has 0 aliphatic heterocycles. The highest BCUT2D eigenvalue weighted by Crippen LogP contribution is 2.25. The van der Waals surface area contributed by atoms with E-state index in [1.165, 1.54) is 0 Å². The summed E-state index contributed by atoms with van der Waals surface area (Å²) in [6.07, 6.45) is 3.07. The Morgan fingerprint density at radius 2 is 1.78 bits per heavy atom. The number of hydrogen-bond acceptors (Lipinski definition) is 2. The molecule has 3 heteroatoms. The van der Waals surface area contributed by atoms with Crippen LogP contribution in [0.25, 0.3) is 0 Å². The van der Waals surface area contributed by atoms with Crippen molar-refractivity contribution in [2.24, 2.45) is 11.3 Å². The molecule has 0 heterocycles. The van der Waals surface area contributed by atoms with Crippen LogP contribution in [0.3, 0.4) is 0 Å². The Balaban J connectivity index is 3.73. The minimum absolute atomic E-state index is 0.143. The monoisotopic (exact) mass is 254 g/mol. The summed E-state index contributed by atoms with van der Waals surface area (Å²) < 4.78 is 0. The molecule has 0 aromatic carbocycles. The van der Waals surface area contributed by atoms with Crippen molar-refractivity contribution in [2.45, 2.75) is 53.9 Å². The quantitative estimate of drug-likeness (QED) is 0.621. The van der Waals surface area contributed by atoms with E-state index in [-0.39, 0.29) is 11.3 Å². The molecular weight excluding hydrogens is 224 g/mol. The molecule has 3 nitrogen and oxygen atoms in total. The molecule has 0 aromatic heterocycles. The summed E-state index contributed by atoms with van der Waals surface area (Å²) in [6, 6.07) is 0. The first-order valence-electron chi connectivity index (χ1n) is 7.02. The summed E-state index contributed by atoms with van der Waals surface area (Å²) >= 11 is 0. The molecule has 0 spiro atoms. The summed E-state index contributed by atoms with van der Waals surface area (Å²) in [6.45, 7) is 15.8. The fourth-order valence-electron chi connectivity index (χ4n) is 1.44. The number of nitrogens with one attached hydrogen (secondary N) is 2. The van der Waals surface area contributed by atoms with Gasteiger partial charge >= 0.3 is 0 Å². The zero-order valence-electron chi connectivity index (χ0n) is 12.7. The van der Waals surface area contributed by atoms with E-state index in [1.807, 2.05) is 13.8 Å². The summed E-state index contributed by atoms with van der Waals surface area (Å²) in [7, 11) is 0. The van der Waals surface area contributed by atoms with Crippen LogP contribution < -0.4 is 10.6 Å². The molecule has 0 aliphatic carbocycles. The van der Waals surface area contributed by atoms with E-state index in [0.717, 1.165) is 38.0 Å². The Hall–Kier alpha value is -0.990. The number of allylic oxidation sites excluding steroid dienone is 1. The molecule has 0 unspecified atom stereocenters. The first-order valence-corrected chi connectivity index (χ1v) is 7.02. The molecule has 0 aliphatic rings. The van der Waals surface area contributed by atoms with Crippen LogP contribution in [0.4, 0.5) is 0 Å². The minimum atomic E-state index is -0.292. The van der Waals surface area contributed by atoms with Gasteiger partial charge in [-0.25, -0.2) is 0 Å². The lowest BCUT2D eigenvalue weighted by molar-refractivity contribution is -0.131. The average molecular weight is 254 g/mol. The van der Waals surface area contributed by atoms with Crippen molar-refractivity contribution < 1.29 is 4.79 Å². The van der Waals surface area contributed by atoms with Gasteiger partial charge in [-0.2, -0.15) is 0 Å². The van der Waals surface area contributed by atoms with Crippen LogP contribution in [0.15, 0.2) is 12.3 Å². The number of carbonyl (C=O) groups is 1. The maximum absolute atomic E-state index is 12.0. The molecule has 18 heavy (non-hydrogen) atoms. The van der Waals surface area contributed by atoms with Gasteiger partial charge in [0.2, 0.25) is 5.91 Å². The van der Waals surface area contributed by atoms with E-state index in [4.69, 9.17) is 0 Å². The van der Waals surface area contributed by atoms with E-state index >= 15 is 0 Å². The van der Waals surface area contributed by atoms with Crippen molar-refractivity contribution >= 4 is 5.91 Å². The second kappa shape index (κ2) is 8.17. The second-order valence-electron chi connectivity index (χ2n) is 5.77. The van der Waals surface area contributed by atoms with Gasteiger partial charge in [-0.1, -0.05) is 47.6 Å². The van der Waals surface area contributed by atoms with E-state index in [1.54, 1.807) is 0 Å². The van der Waals surface area contributed by atoms with Crippen LogP contribution in [0.2, 0.25) is 0 Å². The third-order valence-corrected chi connectivity index (χ3v) is 3.59. The zero-order valence-corrected chi connectivity index (χ0v) is 12.7. The molecule has 0 saturated carbocycles. The van der Waals surface area contributed by atoms with Gasteiger partial charge in [0.25, 0.3) is 0 Å². The van der Waals surface area contributed by atoms with Crippen molar-refractivity contribution in [3.8, 4) is 0 Å². The molecule has 0 bridgehead atoms. The van der Waals surface area contributed by atoms with Crippen molar-refractivity contribution in [3.63, 3.8) is 0 Å². The molecular formula is C15H30N2O. The smallest absolute Gasteiger partial charge is 0.225 e. The topological polar surface area (TPSA) is 41.1 Å². The van der Waals surface area contributed by atoms with Crippen LogP contribution in [-0.4, -0.2) is 19.0 Å². The molecule has 1 amide bonds. The highest BCUT2D eigenvalue weighted by atomic mass is 16.2. The summed E-state index contributed by atoms with van der Waals surface area (Å²) in [4.78, 5) is 12.0. The normalized spacial score (nSPS) is 11.4. The van der Waals surface area contributed by atoms with Crippen LogP contribution in [-0.2, 0) is 4.79 Å². The Bertz CT molecular complexity index is 270. The molecule has 106 valence electrons. The highest BCUT2D eigenvalue weighted by molar-refractivity contribution is 5.81. The zero-order chi connectivity index (χ0) is 14.2. The maximum atomic E-state index is 12.0. The molecule has 2 N–H and O–H groups in total. The van der Waals surface area contributed by atoms with Gasteiger partial charge in [-0.3, -0.25) is 4.79 Å². The Kier molecular flexibility index (Phi) is 7.72. The van der Waals surface area contributed by atoms with E-state index in [2.05, 4.69) is 38.0 Å². The SMILES string of the molecule is C=C(CCC)NCCCNC(=O)C(C)(C)C(C)C. The van der Waals surface area contributed by atoms with Crippen molar-refractivity contribution in [1.82, 2.24) is 10.6 Å². The molecule has 0 saturated heterocycles. The number of hydrogen-bond donors (Lipinski definition) is 2. The van der Waals surface area contributed by atoms with Crippen molar-refractivity contribution in [3.05, 3.63) is 12.3 Å². The summed E-state index contributed by atoms with van der Waals surface area (Å²) in [5, 5.41) is 6.27. The second-order valence-corrected chi connectivity index (χ2v) is 5.77. The predicted molar refractivity (Wildman–Crippen MR) is 78.3 cm³/mol. The van der Waals surface area contributed by atoms with Gasteiger partial charge in [0.15, 0.2) is 0 Å². The molecule has 0 rings (SSSR count). The third kappa shape index (κ3) is 6.08. The van der Waals surface area contributed by atoms with E-state index in [0.29, 0.717) is 5.92 Å². The van der Waals surface area contributed by atoms with Gasteiger partial charge < -0.3 is 10.6 Å². The van der Waals surface area contributed by atoms with Crippen LogP contribution >= 0.6 is 0 Å². The minimum Gasteiger partial charge on any atom is -0.389 e. The fourth-order valence-corrected chi connectivity index (χ4v) is 1.44. The standard InChI is InChI=1S/C15H30N2O/c1-7-9-13(4)16-10-8-11-17-14(18)15(5,6)12(2)3/h12,16H,4,7-11H2,1-3,5-6H3,(H,17,18). The lowest BCUT2D eigenvalue weighted by Crippen LogP contribution is -2.41. The summed E-state index contributed by atoms with van der Waals surface area (Å²) in [5.41, 5.74) is 0.797. The number of amides is 1. The van der Waals surface area contributed by atoms with Gasteiger partial charge in [0, 0.05) is 24.2 Å². The van der Waals surface area contributed by atoms with Crippen molar-refractivity contribution in [2.75, 3.05) is 13.1 Å². The van der Waals surface area contributed by atoms with Gasteiger partial charge in [-0.15, -0.1) is 0 Å². The highest BCUT2D eigenvalue weighted by Gasteiger charge is 2.30. The van der Waals surface area contributed by atoms with Gasteiger partial charge in [0.1, 0.15) is 0 Å². The fraction of sp³-hybridized carbons (Fsp3) is 0.800. The first-order chi connectivity index (χ1) is 8.32. The van der Waals surface area contributed by atoms with Crippen LogP contribution in [0.1, 0.15) is 53.9 Å². The largest absolute Gasteiger partial charge is 0.389 e. The average Bonchev–Trinajstić information content (AvgIpc) is 2.28. The Morgan fingerprint density at radius 1 is 1.22 bits per heavy atom. The molecule has 0 atom stereocenters. The lowest BCUT2D eigenvalue weighted by atomic mass is 9.80. The summed E-state index contributed by atoms with van der Waals surface area (Å²) in [5.74, 6) is 0.491. The molecule has 0 radical (unpaired) electrons. The van der Waals surface area contributed by atoms with Crippen molar-refractivity contribution in [1.29, 1.82) is 0 Å². The third-order valence-electron chi connectivity index (χ3n) is 3.59. The lowest BCUT2D eigenvalue weighted by Gasteiger charge is -2.27. The maximum Gasteiger partial charge on any atom is 0.225 e. The number of carbonyl (C=O) groups excluding carboxylic acids is 1. The molecule has 0 aromatic rings. The Labute approximate surface area is 112 Å². The predicted octanol–water partition coefficient (Wildman–Crippen LogP) is 3.08. The van der Waals surface area contributed by atoms with Gasteiger partial charge in [-0.05, 0) is 18.8 Å².